The maximum Gasteiger partial charge on any atom is 0.168 e. The number of thioether (sulfide) groups is 1. The van der Waals surface area contributed by atoms with Crippen molar-refractivity contribution in [2.75, 3.05) is 22.6 Å². The molecule has 90 valence electrons. The van der Waals surface area contributed by atoms with Gasteiger partial charge in [-0.2, -0.15) is 11.8 Å². The van der Waals surface area contributed by atoms with Crippen LogP contribution in [0.15, 0.2) is 6.07 Å². The lowest BCUT2D eigenvalue weighted by molar-refractivity contribution is 0.578. The highest BCUT2D eigenvalue weighted by Gasteiger charge is 2.11. The third kappa shape index (κ3) is 3.52. The van der Waals surface area contributed by atoms with Crippen molar-refractivity contribution in [2.24, 2.45) is 0 Å². The van der Waals surface area contributed by atoms with Crippen LogP contribution in [0.25, 0.3) is 0 Å². The van der Waals surface area contributed by atoms with Crippen LogP contribution in [0.1, 0.15) is 13.8 Å². The van der Waals surface area contributed by atoms with Crippen LogP contribution in [-0.4, -0.2) is 22.5 Å². The number of nitrogens with two attached hydrogens (primary N) is 1. The van der Waals surface area contributed by atoms with Crippen LogP contribution >= 0.6 is 11.8 Å². The maximum atomic E-state index is 13.3. The third-order valence-corrected chi connectivity index (χ3v) is 3.06. The highest BCUT2D eigenvalue weighted by Crippen LogP contribution is 2.18. The van der Waals surface area contributed by atoms with Gasteiger partial charge in [-0.1, -0.05) is 6.92 Å². The molecule has 0 saturated heterocycles. The van der Waals surface area contributed by atoms with E-state index in [0.29, 0.717) is 0 Å². The van der Waals surface area contributed by atoms with E-state index in [0.717, 1.165) is 17.6 Å². The van der Waals surface area contributed by atoms with Crippen LogP contribution in [0.4, 0.5) is 20.4 Å². The minimum absolute atomic E-state index is 0.00287. The molecule has 3 N–H and O–H groups in total. The summed E-state index contributed by atoms with van der Waals surface area (Å²) in [4.78, 5) is 3.63. The van der Waals surface area contributed by atoms with Crippen LogP contribution in [0.2, 0.25) is 0 Å². The van der Waals surface area contributed by atoms with Gasteiger partial charge < -0.3 is 11.1 Å². The van der Waals surface area contributed by atoms with Crippen LogP contribution in [-0.2, 0) is 0 Å². The van der Waals surface area contributed by atoms with E-state index in [4.69, 9.17) is 5.73 Å². The molecule has 0 fully saturated rings. The number of nitrogens with one attached hydrogen (secondary N) is 1. The van der Waals surface area contributed by atoms with Gasteiger partial charge in [0.1, 0.15) is 0 Å². The van der Waals surface area contributed by atoms with E-state index in [1.807, 2.05) is 13.8 Å². The van der Waals surface area contributed by atoms with Crippen molar-refractivity contribution < 1.29 is 8.78 Å². The highest BCUT2D eigenvalue weighted by atomic mass is 32.2. The number of pyridine rings is 1. The van der Waals surface area contributed by atoms with E-state index >= 15 is 0 Å². The quantitative estimate of drug-likeness (QED) is 0.839. The fourth-order valence-electron chi connectivity index (χ4n) is 1.15. The summed E-state index contributed by atoms with van der Waals surface area (Å²) in [5.74, 6) is -0.0245. The lowest BCUT2D eigenvalue weighted by Gasteiger charge is -2.14. The van der Waals surface area contributed by atoms with Gasteiger partial charge in [0.2, 0.25) is 0 Å². The Morgan fingerprint density at radius 1 is 1.50 bits per heavy atom. The summed E-state index contributed by atoms with van der Waals surface area (Å²) in [7, 11) is 0. The Labute approximate surface area is 97.8 Å². The van der Waals surface area contributed by atoms with Crippen molar-refractivity contribution in [2.45, 2.75) is 19.9 Å². The van der Waals surface area contributed by atoms with E-state index in [2.05, 4.69) is 10.3 Å². The second-order valence-electron chi connectivity index (χ2n) is 3.39. The lowest BCUT2D eigenvalue weighted by Crippen LogP contribution is -2.20. The van der Waals surface area contributed by atoms with Gasteiger partial charge in [-0.25, -0.2) is 13.8 Å². The van der Waals surface area contributed by atoms with E-state index < -0.39 is 11.6 Å². The summed E-state index contributed by atoms with van der Waals surface area (Å²) < 4.78 is 26.1. The SMILES string of the molecule is CCSCC(C)Nc1nc(N)c(F)cc1F. The molecular formula is C10H15F2N3S. The molecule has 16 heavy (non-hydrogen) atoms. The molecule has 0 aliphatic carbocycles. The van der Waals surface area contributed by atoms with Gasteiger partial charge in [0.15, 0.2) is 23.3 Å². The van der Waals surface area contributed by atoms with Crippen LogP contribution in [0.3, 0.4) is 0 Å². The molecule has 1 aromatic heterocycles. The van der Waals surface area contributed by atoms with E-state index in [1.54, 1.807) is 11.8 Å². The molecule has 0 amide bonds. The summed E-state index contributed by atoms with van der Waals surface area (Å²) >= 11 is 1.73. The summed E-state index contributed by atoms with van der Waals surface area (Å²) in [5.41, 5.74) is 5.27. The summed E-state index contributed by atoms with van der Waals surface area (Å²) in [6.07, 6.45) is 0. The summed E-state index contributed by atoms with van der Waals surface area (Å²) in [6, 6.07) is 0.793. The van der Waals surface area contributed by atoms with Gasteiger partial charge in [0, 0.05) is 17.9 Å². The number of nitrogens with zero attached hydrogens (tertiary/aromatic N) is 1. The van der Waals surface area contributed by atoms with Crippen molar-refractivity contribution >= 4 is 23.4 Å². The molecule has 0 aliphatic rings. The Hall–Kier alpha value is -1.04. The van der Waals surface area contributed by atoms with Crippen LogP contribution < -0.4 is 11.1 Å². The fourth-order valence-corrected chi connectivity index (χ4v) is 1.82. The van der Waals surface area contributed by atoms with Crippen LogP contribution in [0, 0.1) is 11.6 Å². The van der Waals surface area contributed by atoms with Crippen molar-refractivity contribution in [1.29, 1.82) is 0 Å². The Morgan fingerprint density at radius 3 is 2.81 bits per heavy atom. The number of hydrogen-bond acceptors (Lipinski definition) is 4. The second-order valence-corrected chi connectivity index (χ2v) is 4.71. The molecule has 0 saturated carbocycles. The Bertz CT molecular complexity index is 360. The molecule has 1 rings (SSSR count). The predicted molar refractivity (Wildman–Crippen MR) is 64.6 cm³/mol. The van der Waals surface area contributed by atoms with Crippen molar-refractivity contribution in [3.63, 3.8) is 0 Å². The minimum atomic E-state index is -0.835. The molecule has 0 spiro atoms. The molecule has 1 aromatic rings. The molecule has 0 bridgehead atoms. The molecule has 0 aliphatic heterocycles. The topological polar surface area (TPSA) is 50.9 Å². The van der Waals surface area contributed by atoms with Gasteiger partial charge in [-0.15, -0.1) is 0 Å². The van der Waals surface area contributed by atoms with E-state index in [9.17, 15) is 8.78 Å². The number of halogens is 2. The van der Waals surface area contributed by atoms with Gasteiger partial charge >= 0.3 is 0 Å². The highest BCUT2D eigenvalue weighted by molar-refractivity contribution is 7.99. The van der Waals surface area contributed by atoms with E-state index in [1.165, 1.54) is 0 Å². The molecule has 3 nitrogen and oxygen atoms in total. The smallest absolute Gasteiger partial charge is 0.168 e. The number of nitrogen functional groups attached to an aromatic ring is 1. The zero-order chi connectivity index (χ0) is 12.1. The summed E-state index contributed by atoms with van der Waals surface area (Å²) in [5, 5.41) is 2.86. The van der Waals surface area contributed by atoms with Gasteiger partial charge in [-0.3, -0.25) is 0 Å². The average molecular weight is 247 g/mol. The molecular weight excluding hydrogens is 232 g/mol. The van der Waals surface area contributed by atoms with Crippen LogP contribution in [0.5, 0.6) is 0 Å². The number of aromatic nitrogens is 1. The molecule has 0 radical (unpaired) electrons. The van der Waals surface area contributed by atoms with E-state index in [-0.39, 0.29) is 17.7 Å². The second kappa shape index (κ2) is 5.89. The summed E-state index contributed by atoms with van der Waals surface area (Å²) in [6.45, 7) is 3.95. The van der Waals surface area contributed by atoms with Gasteiger partial charge in [0.05, 0.1) is 0 Å². The first kappa shape index (κ1) is 13.0. The fraction of sp³-hybridized carbons (Fsp3) is 0.500. The lowest BCUT2D eigenvalue weighted by atomic mass is 10.3. The monoisotopic (exact) mass is 247 g/mol. The third-order valence-electron chi connectivity index (χ3n) is 1.91. The first-order valence-electron chi connectivity index (χ1n) is 5.00. The van der Waals surface area contributed by atoms with Gasteiger partial charge in [0.25, 0.3) is 0 Å². The van der Waals surface area contributed by atoms with Crippen molar-refractivity contribution in [3.8, 4) is 0 Å². The molecule has 0 aromatic carbocycles. The van der Waals surface area contributed by atoms with Crippen molar-refractivity contribution in [3.05, 3.63) is 17.7 Å². The average Bonchev–Trinajstić information content (AvgIpc) is 2.23. The normalized spacial score (nSPS) is 12.5. The minimum Gasteiger partial charge on any atom is -0.381 e. The number of anilines is 2. The largest absolute Gasteiger partial charge is 0.381 e. The maximum absolute atomic E-state index is 13.3. The van der Waals surface area contributed by atoms with Gasteiger partial charge in [-0.05, 0) is 12.7 Å². The zero-order valence-corrected chi connectivity index (χ0v) is 10.1. The Balaban J connectivity index is 2.69. The standard InChI is InChI=1S/C10H15F2N3S/c1-3-16-5-6(2)14-10-8(12)4-7(11)9(13)15-10/h4,6H,3,5H2,1-2H3,(H3,13,14,15). The molecule has 6 heteroatoms. The first-order chi connectivity index (χ1) is 7.54. The molecule has 1 unspecified atom stereocenters. The first-order valence-corrected chi connectivity index (χ1v) is 6.15. The van der Waals surface area contributed by atoms with Crippen molar-refractivity contribution in [1.82, 2.24) is 4.98 Å². The molecule has 1 heterocycles. The Kier molecular flexibility index (Phi) is 4.79. The Morgan fingerprint density at radius 2 is 2.19 bits per heavy atom. The predicted octanol–water partition coefficient (Wildman–Crippen LogP) is 2.50. The molecule has 1 atom stereocenters. The number of hydrogen-bond donors (Lipinski definition) is 2. The number of rotatable bonds is 5. The zero-order valence-electron chi connectivity index (χ0n) is 9.26.